The maximum atomic E-state index is 4.37. The van der Waals surface area contributed by atoms with Gasteiger partial charge in [0.05, 0.1) is 0 Å². The molecule has 1 aromatic rings. The molecule has 0 spiro atoms. The summed E-state index contributed by atoms with van der Waals surface area (Å²) in [7, 11) is 0. The third-order valence-electron chi connectivity index (χ3n) is 2.57. The zero-order chi connectivity index (χ0) is 10.7. The van der Waals surface area contributed by atoms with Crippen LogP contribution in [-0.4, -0.2) is 22.5 Å². The number of aryl methyl sites for hydroxylation is 1. The van der Waals surface area contributed by atoms with E-state index in [0.29, 0.717) is 0 Å². The Morgan fingerprint density at radius 1 is 1.67 bits per heavy atom. The lowest BCUT2D eigenvalue weighted by atomic mass is 10.2. The minimum Gasteiger partial charge on any atom is -0.369 e. The molecule has 1 aromatic heterocycles. The maximum absolute atomic E-state index is 4.37. The van der Waals surface area contributed by atoms with E-state index in [-0.39, 0.29) is 0 Å². The summed E-state index contributed by atoms with van der Waals surface area (Å²) >= 11 is 5.49. The zero-order valence-electron chi connectivity index (χ0n) is 8.79. The van der Waals surface area contributed by atoms with E-state index in [0.717, 1.165) is 22.1 Å². The Hall–Kier alpha value is -0.220. The smallest absolute Gasteiger partial charge is 0.128 e. The van der Waals surface area contributed by atoms with Crippen LogP contribution in [-0.2, 0) is 0 Å². The quantitative estimate of drug-likeness (QED) is 0.921. The maximum Gasteiger partial charge on any atom is 0.128 e. The molecular weight excluding hydrogens is 272 g/mol. The van der Waals surface area contributed by atoms with E-state index in [9.17, 15) is 0 Å². The molecular formula is C11H15BrN2S. The molecule has 0 radical (unpaired) electrons. The van der Waals surface area contributed by atoms with Gasteiger partial charge in [0, 0.05) is 22.5 Å². The summed E-state index contributed by atoms with van der Waals surface area (Å²) in [5.41, 5.74) is 1.20. The molecule has 0 saturated carbocycles. The van der Waals surface area contributed by atoms with Crippen LogP contribution >= 0.6 is 27.7 Å². The Bertz CT molecular complexity index is 337. The molecule has 1 unspecified atom stereocenters. The predicted molar refractivity (Wildman–Crippen MR) is 70.6 cm³/mol. The number of rotatable bonds is 3. The van der Waals surface area contributed by atoms with Crippen LogP contribution in [0.4, 0.5) is 5.82 Å². The number of hydrogen-bond donors (Lipinski definition) is 1. The van der Waals surface area contributed by atoms with Crippen molar-refractivity contribution >= 4 is 33.5 Å². The van der Waals surface area contributed by atoms with Gasteiger partial charge in [-0.15, -0.1) is 0 Å². The molecule has 2 rings (SSSR count). The number of nitrogens with one attached hydrogen (secondary N) is 1. The number of thioether (sulfide) groups is 1. The number of nitrogens with zero attached hydrogens (tertiary/aromatic N) is 1. The van der Waals surface area contributed by atoms with Gasteiger partial charge in [-0.2, -0.15) is 11.8 Å². The van der Waals surface area contributed by atoms with Crippen molar-refractivity contribution in [3.8, 4) is 0 Å². The molecule has 1 aliphatic heterocycles. The monoisotopic (exact) mass is 286 g/mol. The first-order valence-corrected chi connectivity index (χ1v) is 7.07. The highest BCUT2D eigenvalue weighted by molar-refractivity contribution is 9.10. The van der Waals surface area contributed by atoms with Gasteiger partial charge in [-0.25, -0.2) is 4.98 Å². The molecule has 4 heteroatoms. The Morgan fingerprint density at radius 3 is 3.20 bits per heavy atom. The van der Waals surface area contributed by atoms with E-state index in [2.05, 4.69) is 51.0 Å². The highest BCUT2D eigenvalue weighted by atomic mass is 79.9. The molecule has 1 fully saturated rings. The summed E-state index contributed by atoms with van der Waals surface area (Å²) in [5.74, 6) is 2.34. The third kappa shape index (κ3) is 3.11. The van der Waals surface area contributed by atoms with Crippen molar-refractivity contribution in [1.82, 2.24) is 4.98 Å². The SMILES string of the molecule is Cc1cc(Br)cnc1NCC1CCCS1. The van der Waals surface area contributed by atoms with Gasteiger partial charge < -0.3 is 5.32 Å². The molecule has 1 aliphatic rings. The molecule has 2 heterocycles. The van der Waals surface area contributed by atoms with Gasteiger partial charge in [-0.1, -0.05) is 0 Å². The Labute approximate surface area is 103 Å². The molecule has 82 valence electrons. The van der Waals surface area contributed by atoms with E-state index in [1.54, 1.807) is 0 Å². The lowest BCUT2D eigenvalue weighted by Crippen LogP contribution is -2.15. The van der Waals surface area contributed by atoms with E-state index in [1.165, 1.54) is 24.2 Å². The Kier molecular flexibility index (Phi) is 3.92. The predicted octanol–water partition coefficient (Wildman–Crippen LogP) is 3.46. The molecule has 1 saturated heterocycles. The standard InChI is InChI=1S/C11H15BrN2S/c1-8-5-9(12)6-13-11(8)14-7-10-3-2-4-15-10/h5-6,10H,2-4,7H2,1H3,(H,13,14). The first kappa shape index (κ1) is 11.3. The van der Waals surface area contributed by atoms with Gasteiger partial charge in [0.2, 0.25) is 0 Å². The molecule has 0 bridgehead atoms. The van der Waals surface area contributed by atoms with E-state index < -0.39 is 0 Å². The van der Waals surface area contributed by atoms with Crippen molar-refractivity contribution in [2.45, 2.75) is 25.0 Å². The number of halogens is 1. The van der Waals surface area contributed by atoms with Crippen LogP contribution in [0.15, 0.2) is 16.7 Å². The molecule has 0 amide bonds. The van der Waals surface area contributed by atoms with E-state index in [4.69, 9.17) is 0 Å². The minimum absolute atomic E-state index is 0.773. The first-order chi connectivity index (χ1) is 7.25. The molecule has 1 atom stereocenters. The summed E-state index contributed by atoms with van der Waals surface area (Å²) in [6, 6.07) is 2.09. The fraction of sp³-hybridized carbons (Fsp3) is 0.545. The topological polar surface area (TPSA) is 24.9 Å². The van der Waals surface area contributed by atoms with Crippen LogP contribution in [0.5, 0.6) is 0 Å². The minimum atomic E-state index is 0.773. The van der Waals surface area contributed by atoms with Gasteiger partial charge in [-0.3, -0.25) is 0 Å². The number of pyridine rings is 1. The van der Waals surface area contributed by atoms with Crippen molar-refractivity contribution in [1.29, 1.82) is 0 Å². The fourth-order valence-electron chi connectivity index (χ4n) is 1.74. The van der Waals surface area contributed by atoms with E-state index >= 15 is 0 Å². The van der Waals surface area contributed by atoms with Crippen molar-refractivity contribution < 1.29 is 0 Å². The summed E-state index contributed by atoms with van der Waals surface area (Å²) in [5, 5.41) is 4.20. The van der Waals surface area contributed by atoms with Crippen LogP contribution in [0.3, 0.4) is 0 Å². The summed E-state index contributed by atoms with van der Waals surface area (Å²) < 4.78 is 1.04. The second kappa shape index (κ2) is 5.21. The average Bonchev–Trinajstić information content (AvgIpc) is 2.69. The number of hydrogen-bond acceptors (Lipinski definition) is 3. The highest BCUT2D eigenvalue weighted by Crippen LogP contribution is 2.26. The summed E-state index contributed by atoms with van der Waals surface area (Å²) in [4.78, 5) is 4.37. The van der Waals surface area contributed by atoms with Crippen molar-refractivity contribution in [3.05, 3.63) is 22.3 Å². The molecule has 15 heavy (non-hydrogen) atoms. The molecule has 2 nitrogen and oxygen atoms in total. The number of aromatic nitrogens is 1. The second-order valence-electron chi connectivity index (χ2n) is 3.83. The van der Waals surface area contributed by atoms with Crippen molar-refractivity contribution in [2.24, 2.45) is 0 Å². The molecule has 0 aromatic carbocycles. The van der Waals surface area contributed by atoms with E-state index in [1.807, 2.05) is 6.20 Å². The van der Waals surface area contributed by atoms with Crippen molar-refractivity contribution in [3.63, 3.8) is 0 Å². The highest BCUT2D eigenvalue weighted by Gasteiger charge is 2.15. The van der Waals surface area contributed by atoms with Crippen LogP contribution in [0.25, 0.3) is 0 Å². The summed E-state index contributed by atoms with van der Waals surface area (Å²) in [6.07, 6.45) is 4.55. The Morgan fingerprint density at radius 2 is 2.53 bits per heavy atom. The van der Waals surface area contributed by atoms with Gasteiger partial charge in [-0.05, 0) is 53.1 Å². The molecule has 1 N–H and O–H groups in total. The zero-order valence-corrected chi connectivity index (χ0v) is 11.2. The Balaban J connectivity index is 1.92. The normalized spacial score (nSPS) is 20.5. The van der Waals surface area contributed by atoms with Crippen LogP contribution in [0.1, 0.15) is 18.4 Å². The lowest BCUT2D eigenvalue weighted by molar-refractivity contribution is 0.803. The molecule has 0 aliphatic carbocycles. The van der Waals surface area contributed by atoms with Crippen LogP contribution in [0.2, 0.25) is 0 Å². The fourth-order valence-corrected chi connectivity index (χ4v) is 3.39. The van der Waals surface area contributed by atoms with Gasteiger partial charge in [0.1, 0.15) is 5.82 Å². The van der Waals surface area contributed by atoms with Crippen LogP contribution in [0, 0.1) is 6.92 Å². The average molecular weight is 287 g/mol. The largest absolute Gasteiger partial charge is 0.369 e. The second-order valence-corrected chi connectivity index (χ2v) is 6.16. The van der Waals surface area contributed by atoms with Gasteiger partial charge in [0.15, 0.2) is 0 Å². The number of anilines is 1. The van der Waals surface area contributed by atoms with Crippen LogP contribution < -0.4 is 5.32 Å². The lowest BCUT2D eigenvalue weighted by Gasteiger charge is -2.12. The third-order valence-corrected chi connectivity index (χ3v) is 4.40. The van der Waals surface area contributed by atoms with Gasteiger partial charge in [0.25, 0.3) is 0 Å². The van der Waals surface area contributed by atoms with Crippen molar-refractivity contribution in [2.75, 3.05) is 17.6 Å². The van der Waals surface area contributed by atoms with Gasteiger partial charge >= 0.3 is 0 Å². The first-order valence-electron chi connectivity index (χ1n) is 5.23. The summed E-state index contributed by atoms with van der Waals surface area (Å²) in [6.45, 7) is 3.13.